The summed E-state index contributed by atoms with van der Waals surface area (Å²) in [4.78, 5) is 21.7. The zero-order valence-corrected chi connectivity index (χ0v) is 8.69. The molecule has 0 heterocycles. The SMILES string of the molecule is C#CCC(N)C(=O)NCCC(C)C(=O)O. The third-order valence-corrected chi connectivity index (χ3v) is 1.97. The Labute approximate surface area is 89.0 Å². The number of nitrogens with one attached hydrogen (secondary N) is 1. The molecule has 0 aliphatic rings. The number of rotatable bonds is 6. The van der Waals surface area contributed by atoms with Crippen LogP contribution in [0.3, 0.4) is 0 Å². The van der Waals surface area contributed by atoms with Gasteiger partial charge in [0.1, 0.15) is 0 Å². The van der Waals surface area contributed by atoms with E-state index in [1.54, 1.807) is 6.92 Å². The van der Waals surface area contributed by atoms with Crippen LogP contribution >= 0.6 is 0 Å². The lowest BCUT2D eigenvalue weighted by molar-refractivity contribution is -0.141. The number of nitrogens with two attached hydrogens (primary N) is 1. The Balaban J connectivity index is 3.73. The van der Waals surface area contributed by atoms with Gasteiger partial charge in [0, 0.05) is 13.0 Å². The van der Waals surface area contributed by atoms with Crippen LogP contribution in [0.5, 0.6) is 0 Å². The molecule has 2 unspecified atom stereocenters. The molecule has 1 amide bonds. The molecule has 0 saturated carbocycles. The van der Waals surface area contributed by atoms with Gasteiger partial charge in [-0.1, -0.05) is 6.92 Å². The van der Waals surface area contributed by atoms with Crippen molar-refractivity contribution in [3.05, 3.63) is 0 Å². The van der Waals surface area contributed by atoms with E-state index in [1.807, 2.05) is 0 Å². The number of carboxylic acids is 1. The Hall–Kier alpha value is -1.54. The minimum Gasteiger partial charge on any atom is -0.481 e. The molecule has 0 aromatic carbocycles. The fraction of sp³-hybridized carbons (Fsp3) is 0.600. The number of hydrogen-bond acceptors (Lipinski definition) is 3. The maximum Gasteiger partial charge on any atom is 0.306 e. The van der Waals surface area contributed by atoms with Crippen molar-refractivity contribution in [3.63, 3.8) is 0 Å². The van der Waals surface area contributed by atoms with E-state index >= 15 is 0 Å². The van der Waals surface area contributed by atoms with Crippen molar-refractivity contribution in [2.75, 3.05) is 6.54 Å². The molecule has 0 aromatic heterocycles. The predicted octanol–water partition coefficient (Wildman–Crippen LogP) is -0.436. The highest BCUT2D eigenvalue weighted by molar-refractivity contribution is 5.81. The van der Waals surface area contributed by atoms with E-state index in [2.05, 4.69) is 11.2 Å². The van der Waals surface area contributed by atoms with E-state index in [0.29, 0.717) is 13.0 Å². The summed E-state index contributed by atoms with van der Waals surface area (Å²) in [6.45, 7) is 1.88. The second-order valence-electron chi connectivity index (χ2n) is 3.33. The molecule has 4 N–H and O–H groups in total. The first kappa shape index (κ1) is 13.5. The molecular formula is C10H16N2O3. The fourth-order valence-corrected chi connectivity index (χ4v) is 0.886. The number of aliphatic carboxylic acids is 1. The Morgan fingerprint density at radius 1 is 1.60 bits per heavy atom. The van der Waals surface area contributed by atoms with Gasteiger partial charge in [-0.3, -0.25) is 9.59 Å². The van der Waals surface area contributed by atoms with Crippen molar-refractivity contribution in [2.24, 2.45) is 11.7 Å². The minimum absolute atomic E-state index is 0.181. The van der Waals surface area contributed by atoms with Crippen molar-refractivity contribution in [3.8, 4) is 12.3 Å². The molecule has 0 saturated heterocycles. The van der Waals surface area contributed by atoms with Crippen LogP contribution in [0.25, 0.3) is 0 Å². The van der Waals surface area contributed by atoms with Crippen LogP contribution in [0.15, 0.2) is 0 Å². The number of carbonyl (C=O) groups excluding carboxylic acids is 1. The summed E-state index contributed by atoms with van der Waals surface area (Å²) in [6.07, 6.45) is 5.56. The molecule has 0 aliphatic heterocycles. The Bertz CT molecular complexity index is 270. The maximum atomic E-state index is 11.2. The summed E-state index contributed by atoms with van der Waals surface area (Å²) < 4.78 is 0. The first-order valence-corrected chi connectivity index (χ1v) is 4.68. The molecule has 0 radical (unpaired) electrons. The van der Waals surface area contributed by atoms with Crippen molar-refractivity contribution in [1.82, 2.24) is 5.32 Å². The molecule has 5 nitrogen and oxygen atoms in total. The zero-order chi connectivity index (χ0) is 11.8. The van der Waals surface area contributed by atoms with Gasteiger partial charge in [0.2, 0.25) is 5.91 Å². The maximum absolute atomic E-state index is 11.2. The van der Waals surface area contributed by atoms with Gasteiger partial charge in [-0.25, -0.2) is 0 Å². The second kappa shape index (κ2) is 6.85. The van der Waals surface area contributed by atoms with Crippen molar-refractivity contribution >= 4 is 11.9 Å². The summed E-state index contributed by atoms with van der Waals surface area (Å²) >= 11 is 0. The molecule has 5 heteroatoms. The van der Waals surface area contributed by atoms with Gasteiger partial charge in [0.15, 0.2) is 0 Å². The van der Waals surface area contributed by atoms with E-state index < -0.39 is 17.9 Å². The fourth-order valence-electron chi connectivity index (χ4n) is 0.886. The van der Waals surface area contributed by atoms with Gasteiger partial charge in [-0.05, 0) is 6.42 Å². The molecule has 0 fully saturated rings. The van der Waals surface area contributed by atoms with Crippen LogP contribution < -0.4 is 11.1 Å². The molecular weight excluding hydrogens is 196 g/mol. The van der Waals surface area contributed by atoms with E-state index in [-0.39, 0.29) is 12.3 Å². The van der Waals surface area contributed by atoms with E-state index in [4.69, 9.17) is 17.3 Å². The summed E-state index contributed by atoms with van der Waals surface area (Å²) in [7, 11) is 0. The van der Waals surface area contributed by atoms with Crippen LogP contribution in [-0.4, -0.2) is 29.6 Å². The third kappa shape index (κ3) is 5.70. The average molecular weight is 212 g/mol. The predicted molar refractivity (Wildman–Crippen MR) is 55.9 cm³/mol. The smallest absolute Gasteiger partial charge is 0.306 e. The Morgan fingerprint density at radius 2 is 2.20 bits per heavy atom. The van der Waals surface area contributed by atoms with Gasteiger partial charge in [0.05, 0.1) is 12.0 Å². The topological polar surface area (TPSA) is 92.4 Å². The van der Waals surface area contributed by atoms with Crippen LogP contribution in [-0.2, 0) is 9.59 Å². The number of terminal acetylenes is 1. The number of hydrogen-bond donors (Lipinski definition) is 3. The first-order chi connectivity index (χ1) is 6.99. The Morgan fingerprint density at radius 3 is 2.67 bits per heavy atom. The number of carbonyl (C=O) groups is 2. The summed E-state index contributed by atoms with van der Waals surface area (Å²) in [6, 6.07) is -0.713. The molecule has 15 heavy (non-hydrogen) atoms. The van der Waals surface area contributed by atoms with Gasteiger partial charge in [-0.15, -0.1) is 12.3 Å². The second-order valence-corrected chi connectivity index (χ2v) is 3.33. The monoisotopic (exact) mass is 212 g/mol. The lowest BCUT2D eigenvalue weighted by atomic mass is 10.1. The molecule has 0 spiro atoms. The molecule has 0 rings (SSSR count). The lowest BCUT2D eigenvalue weighted by Crippen LogP contribution is -2.41. The lowest BCUT2D eigenvalue weighted by Gasteiger charge is -2.10. The van der Waals surface area contributed by atoms with E-state index in [1.165, 1.54) is 0 Å². The third-order valence-electron chi connectivity index (χ3n) is 1.97. The normalized spacial score (nSPS) is 13.7. The largest absolute Gasteiger partial charge is 0.481 e. The van der Waals surface area contributed by atoms with Crippen LogP contribution in [0.2, 0.25) is 0 Å². The summed E-state index contributed by atoms with van der Waals surface area (Å²) in [5, 5.41) is 11.1. The quantitative estimate of drug-likeness (QED) is 0.521. The highest BCUT2D eigenvalue weighted by atomic mass is 16.4. The molecule has 2 atom stereocenters. The van der Waals surface area contributed by atoms with Crippen molar-refractivity contribution in [2.45, 2.75) is 25.8 Å². The van der Waals surface area contributed by atoms with Crippen LogP contribution in [0.1, 0.15) is 19.8 Å². The molecule has 0 aromatic rings. The zero-order valence-electron chi connectivity index (χ0n) is 8.69. The van der Waals surface area contributed by atoms with Crippen LogP contribution in [0, 0.1) is 18.3 Å². The van der Waals surface area contributed by atoms with E-state index in [0.717, 1.165) is 0 Å². The van der Waals surface area contributed by atoms with Gasteiger partial charge in [-0.2, -0.15) is 0 Å². The van der Waals surface area contributed by atoms with Gasteiger partial charge >= 0.3 is 5.97 Å². The molecule has 0 aliphatic carbocycles. The Kier molecular flexibility index (Phi) is 6.14. The first-order valence-electron chi connectivity index (χ1n) is 4.68. The molecule has 0 bridgehead atoms. The standard InChI is InChI=1S/C10H16N2O3/c1-3-4-8(11)9(13)12-6-5-7(2)10(14)15/h1,7-8H,4-6,11H2,2H3,(H,12,13)(H,14,15). The highest BCUT2D eigenvalue weighted by Gasteiger charge is 2.13. The summed E-state index contributed by atoms with van der Waals surface area (Å²) in [5.74, 6) is 0.588. The number of amides is 1. The number of carboxylic acid groups (broad SMARTS) is 1. The van der Waals surface area contributed by atoms with E-state index in [9.17, 15) is 9.59 Å². The minimum atomic E-state index is -0.878. The van der Waals surface area contributed by atoms with Crippen LogP contribution in [0.4, 0.5) is 0 Å². The molecule has 84 valence electrons. The average Bonchev–Trinajstić information content (AvgIpc) is 2.17. The van der Waals surface area contributed by atoms with Gasteiger partial charge in [0.25, 0.3) is 0 Å². The van der Waals surface area contributed by atoms with Crippen molar-refractivity contribution in [1.29, 1.82) is 0 Å². The highest BCUT2D eigenvalue weighted by Crippen LogP contribution is 1.99. The summed E-state index contributed by atoms with van der Waals surface area (Å²) in [5.41, 5.74) is 5.43. The van der Waals surface area contributed by atoms with Crippen molar-refractivity contribution < 1.29 is 14.7 Å². The van der Waals surface area contributed by atoms with Gasteiger partial charge < -0.3 is 16.2 Å².